The van der Waals surface area contributed by atoms with Gasteiger partial charge in [0, 0.05) is 33.3 Å². The first-order valence-electron chi connectivity index (χ1n) is 7.39. The van der Waals surface area contributed by atoms with Crippen LogP contribution in [0, 0.1) is 0 Å². The number of rotatable bonds is 6. The predicted octanol–water partition coefficient (Wildman–Crippen LogP) is 1.09. The molecule has 0 spiro atoms. The highest BCUT2D eigenvalue weighted by Crippen LogP contribution is 2.14. The van der Waals surface area contributed by atoms with E-state index in [1.54, 1.807) is 12.0 Å². The maximum absolute atomic E-state index is 12.3. The molecule has 0 aliphatic carbocycles. The Bertz CT molecular complexity index is 478. The average Bonchev–Trinajstić information content (AvgIpc) is 2.95. The zero-order valence-corrected chi connectivity index (χ0v) is 13.6. The van der Waals surface area contributed by atoms with Crippen LogP contribution < -0.4 is 0 Å². The predicted molar refractivity (Wildman–Crippen MR) is 84.1 cm³/mol. The summed E-state index contributed by atoms with van der Waals surface area (Å²) in [6, 6.07) is 3.72. The summed E-state index contributed by atoms with van der Waals surface area (Å²) in [6.45, 7) is 3.45. The van der Waals surface area contributed by atoms with Crippen molar-refractivity contribution >= 4 is 23.2 Å². The summed E-state index contributed by atoms with van der Waals surface area (Å²) in [5.41, 5.74) is 0. The topological polar surface area (TPSA) is 59.1 Å². The molecule has 1 aliphatic rings. The van der Waals surface area contributed by atoms with Gasteiger partial charge in [-0.15, -0.1) is 11.3 Å². The minimum absolute atomic E-state index is 0.0264. The Hall–Kier alpha value is -1.44. The first-order valence-corrected chi connectivity index (χ1v) is 8.27. The molecule has 1 saturated heterocycles. The van der Waals surface area contributed by atoms with Gasteiger partial charge < -0.3 is 19.3 Å². The molecule has 1 aliphatic heterocycles. The van der Waals surface area contributed by atoms with Crippen molar-refractivity contribution in [3.8, 4) is 0 Å². The normalized spacial score (nSPS) is 15.7. The van der Waals surface area contributed by atoms with E-state index in [0.717, 1.165) is 11.3 Å². The highest BCUT2D eigenvalue weighted by Gasteiger charge is 2.23. The van der Waals surface area contributed by atoms with Crippen LogP contribution >= 0.6 is 11.3 Å². The van der Waals surface area contributed by atoms with Crippen LogP contribution in [-0.4, -0.2) is 74.7 Å². The van der Waals surface area contributed by atoms with Gasteiger partial charge in [0.2, 0.25) is 5.91 Å². The van der Waals surface area contributed by atoms with E-state index in [1.807, 2.05) is 22.4 Å². The third-order valence-electron chi connectivity index (χ3n) is 3.53. The molecule has 2 rings (SSSR count). The summed E-state index contributed by atoms with van der Waals surface area (Å²) in [5, 5.41) is 1.90. The molecule has 6 nitrogen and oxygen atoms in total. The molecule has 122 valence electrons. The van der Waals surface area contributed by atoms with E-state index >= 15 is 0 Å². The van der Waals surface area contributed by atoms with E-state index in [4.69, 9.17) is 9.47 Å². The zero-order valence-electron chi connectivity index (χ0n) is 12.8. The smallest absolute Gasteiger partial charge is 0.263 e. The summed E-state index contributed by atoms with van der Waals surface area (Å²) >= 11 is 1.45. The molecule has 0 saturated carbocycles. The molecule has 0 radical (unpaired) electrons. The average molecular weight is 326 g/mol. The Morgan fingerprint density at radius 3 is 2.68 bits per heavy atom. The lowest BCUT2D eigenvalue weighted by Gasteiger charge is -2.21. The van der Waals surface area contributed by atoms with E-state index in [2.05, 4.69) is 0 Å². The van der Waals surface area contributed by atoms with Crippen LogP contribution in [-0.2, 0) is 14.3 Å². The largest absolute Gasteiger partial charge is 0.382 e. The molecule has 2 amide bonds. The lowest BCUT2D eigenvalue weighted by Crippen LogP contribution is -2.38. The Morgan fingerprint density at radius 2 is 1.95 bits per heavy atom. The van der Waals surface area contributed by atoms with Crippen molar-refractivity contribution in [1.29, 1.82) is 0 Å². The van der Waals surface area contributed by atoms with Crippen LogP contribution in [0.5, 0.6) is 0 Å². The van der Waals surface area contributed by atoms with Gasteiger partial charge in [-0.25, -0.2) is 0 Å². The lowest BCUT2D eigenvalue weighted by atomic mass is 10.3. The van der Waals surface area contributed by atoms with E-state index < -0.39 is 0 Å². The second-order valence-electron chi connectivity index (χ2n) is 5.05. The van der Waals surface area contributed by atoms with Gasteiger partial charge in [0.05, 0.1) is 18.1 Å². The molecule has 22 heavy (non-hydrogen) atoms. The molecule has 2 heterocycles. The summed E-state index contributed by atoms with van der Waals surface area (Å²) < 4.78 is 10.1. The van der Waals surface area contributed by atoms with Crippen molar-refractivity contribution in [1.82, 2.24) is 9.80 Å². The van der Waals surface area contributed by atoms with Crippen molar-refractivity contribution in [3.05, 3.63) is 22.4 Å². The summed E-state index contributed by atoms with van der Waals surface area (Å²) in [7, 11) is 1.60. The number of ether oxygens (including phenoxy) is 2. The highest BCUT2D eigenvalue weighted by molar-refractivity contribution is 7.12. The molecule has 0 N–H and O–H groups in total. The molecule has 0 bridgehead atoms. The molecule has 1 fully saturated rings. The standard InChI is InChI=1S/C15H22N2O4S/c1-20-9-10-21-12-14(18)16-5-3-6-17(8-7-16)15(19)13-4-2-11-22-13/h2,4,11H,3,5-10,12H2,1H3. The summed E-state index contributed by atoms with van der Waals surface area (Å²) in [5.74, 6) is 0.0298. The fraction of sp³-hybridized carbons (Fsp3) is 0.600. The highest BCUT2D eigenvalue weighted by atomic mass is 32.1. The first-order chi connectivity index (χ1) is 10.7. The zero-order chi connectivity index (χ0) is 15.8. The van der Waals surface area contributed by atoms with Gasteiger partial charge in [-0.05, 0) is 17.9 Å². The number of nitrogens with zero attached hydrogens (tertiary/aromatic N) is 2. The van der Waals surface area contributed by atoms with Crippen molar-refractivity contribution < 1.29 is 19.1 Å². The molecule has 1 aromatic rings. The van der Waals surface area contributed by atoms with Crippen LogP contribution in [0.3, 0.4) is 0 Å². The molecule has 7 heteroatoms. The van der Waals surface area contributed by atoms with Crippen LogP contribution in [0.4, 0.5) is 0 Å². The number of carbonyl (C=O) groups is 2. The van der Waals surface area contributed by atoms with Crippen molar-refractivity contribution in [3.63, 3.8) is 0 Å². The van der Waals surface area contributed by atoms with Crippen molar-refractivity contribution in [2.75, 3.05) is 53.1 Å². The van der Waals surface area contributed by atoms with Crippen LogP contribution in [0.25, 0.3) is 0 Å². The Balaban J connectivity index is 1.79. The van der Waals surface area contributed by atoms with Crippen LogP contribution in [0.1, 0.15) is 16.1 Å². The van der Waals surface area contributed by atoms with Gasteiger partial charge in [-0.3, -0.25) is 9.59 Å². The quantitative estimate of drug-likeness (QED) is 0.734. The fourth-order valence-corrected chi connectivity index (χ4v) is 3.01. The molecule has 0 unspecified atom stereocenters. The molecular formula is C15H22N2O4S. The van der Waals surface area contributed by atoms with Crippen LogP contribution in [0.2, 0.25) is 0 Å². The second-order valence-corrected chi connectivity index (χ2v) is 6.00. The number of amides is 2. The summed E-state index contributed by atoms with van der Waals surface area (Å²) in [4.78, 5) is 28.8. The number of hydrogen-bond donors (Lipinski definition) is 0. The van der Waals surface area contributed by atoms with Gasteiger partial charge in [-0.1, -0.05) is 6.07 Å². The van der Waals surface area contributed by atoms with E-state index in [0.29, 0.717) is 39.4 Å². The third kappa shape index (κ3) is 4.79. The van der Waals surface area contributed by atoms with Gasteiger partial charge in [0.25, 0.3) is 5.91 Å². The number of hydrogen-bond acceptors (Lipinski definition) is 5. The third-order valence-corrected chi connectivity index (χ3v) is 4.38. The number of thiophene rings is 1. The Labute approximate surface area is 134 Å². The Morgan fingerprint density at radius 1 is 1.18 bits per heavy atom. The minimum Gasteiger partial charge on any atom is -0.382 e. The van der Waals surface area contributed by atoms with E-state index in [1.165, 1.54) is 11.3 Å². The van der Waals surface area contributed by atoms with Crippen molar-refractivity contribution in [2.45, 2.75) is 6.42 Å². The van der Waals surface area contributed by atoms with Gasteiger partial charge in [0.1, 0.15) is 6.61 Å². The summed E-state index contributed by atoms with van der Waals surface area (Å²) in [6.07, 6.45) is 0.793. The van der Waals surface area contributed by atoms with Gasteiger partial charge in [0.15, 0.2) is 0 Å². The second kappa shape index (κ2) is 8.87. The first kappa shape index (κ1) is 16.9. The van der Waals surface area contributed by atoms with Crippen molar-refractivity contribution in [2.24, 2.45) is 0 Å². The number of methoxy groups -OCH3 is 1. The lowest BCUT2D eigenvalue weighted by molar-refractivity contribution is -0.136. The van der Waals surface area contributed by atoms with Crippen LogP contribution in [0.15, 0.2) is 17.5 Å². The van der Waals surface area contributed by atoms with Gasteiger partial charge >= 0.3 is 0 Å². The maximum atomic E-state index is 12.3. The Kier molecular flexibility index (Phi) is 6.82. The molecule has 0 atom stereocenters. The SMILES string of the molecule is COCCOCC(=O)N1CCCN(C(=O)c2cccs2)CC1. The number of carbonyl (C=O) groups excluding carboxylic acids is 2. The fourth-order valence-electron chi connectivity index (χ4n) is 2.32. The molecule has 0 aromatic carbocycles. The maximum Gasteiger partial charge on any atom is 0.263 e. The molecule has 1 aromatic heterocycles. The molecular weight excluding hydrogens is 304 g/mol. The van der Waals surface area contributed by atoms with Gasteiger partial charge in [-0.2, -0.15) is 0 Å². The van der Waals surface area contributed by atoms with E-state index in [9.17, 15) is 9.59 Å². The van der Waals surface area contributed by atoms with E-state index in [-0.39, 0.29) is 18.4 Å². The minimum atomic E-state index is -0.0264. The monoisotopic (exact) mass is 326 g/mol.